The molecule has 5 heteroatoms. The van der Waals surface area contributed by atoms with Crippen molar-refractivity contribution < 1.29 is 4.79 Å². The predicted molar refractivity (Wildman–Crippen MR) is 94.3 cm³/mol. The number of thiazole rings is 1. The van der Waals surface area contributed by atoms with Crippen LogP contribution in [0.15, 0.2) is 54.2 Å². The van der Waals surface area contributed by atoms with Gasteiger partial charge in [0.2, 0.25) is 5.91 Å². The summed E-state index contributed by atoms with van der Waals surface area (Å²) in [6, 6.07) is 11.7. The summed E-state index contributed by atoms with van der Waals surface area (Å²) >= 11 is 1.59. The molecule has 23 heavy (non-hydrogen) atoms. The predicted octanol–water partition coefficient (Wildman–Crippen LogP) is 4.61. The lowest BCUT2D eigenvalue weighted by molar-refractivity contribution is -0.116. The highest BCUT2D eigenvalue weighted by Crippen LogP contribution is 2.29. The number of anilines is 1. The molecule has 0 aliphatic heterocycles. The van der Waals surface area contributed by atoms with Gasteiger partial charge in [-0.15, -0.1) is 11.3 Å². The molecule has 0 fully saturated rings. The summed E-state index contributed by atoms with van der Waals surface area (Å²) in [4.78, 5) is 20.5. The van der Waals surface area contributed by atoms with E-state index in [9.17, 15) is 4.79 Å². The molecule has 2 heterocycles. The maximum Gasteiger partial charge on any atom is 0.224 e. The van der Waals surface area contributed by atoms with Crippen LogP contribution in [0.3, 0.4) is 0 Å². The Morgan fingerprint density at radius 1 is 1.22 bits per heavy atom. The number of hydrogen-bond donors (Lipinski definition) is 1. The molecule has 0 aliphatic carbocycles. The van der Waals surface area contributed by atoms with Gasteiger partial charge in [-0.2, -0.15) is 0 Å². The van der Waals surface area contributed by atoms with Crippen molar-refractivity contribution in [3.63, 3.8) is 0 Å². The Bertz CT molecular complexity index is 799. The molecule has 4 nitrogen and oxygen atoms in total. The molecule has 0 atom stereocenters. The first-order valence-corrected chi connectivity index (χ1v) is 8.40. The highest BCUT2D eigenvalue weighted by Gasteiger charge is 2.08. The second-order valence-electron chi connectivity index (χ2n) is 5.16. The second kappa shape index (κ2) is 7.15. The monoisotopic (exact) mass is 323 g/mol. The fraction of sp³-hybridized carbons (Fsp3) is 0.167. The molecule has 1 N–H and O–H groups in total. The molecule has 0 aliphatic rings. The molecule has 0 spiro atoms. The van der Waals surface area contributed by atoms with E-state index in [0.29, 0.717) is 6.42 Å². The number of benzene rings is 1. The van der Waals surface area contributed by atoms with Crippen LogP contribution in [0.5, 0.6) is 0 Å². The average molecular weight is 323 g/mol. The molecule has 116 valence electrons. The summed E-state index contributed by atoms with van der Waals surface area (Å²) in [5.41, 5.74) is 3.71. The summed E-state index contributed by atoms with van der Waals surface area (Å²) in [6.07, 6.45) is 4.93. The first kappa shape index (κ1) is 15.4. The van der Waals surface area contributed by atoms with Crippen LogP contribution >= 0.6 is 11.3 Å². The minimum Gasteiger partial charge on any atom is -0.326 e. The quantitative estimate of drug-likeness (QED) is 0.746. The Kier molecular flexibility index (Phi) is 4.78. The zero-order valence-electron chi connectivity index (χ0n) is 12.8. The standard InChI is InChI=1S/C18H17N3OS/c1-2-5-17(22)20-15-8-3-6-13(10-15)16-12-23-18(21-16)14-7-4-9-19-11-14/h3-4,6-12H,2,5H2,1H3,(H,20,22). The molecule has 1 amide bonds. The molecular formula is C18H17N3OS. The van der Waals surface area contributed by atoms with Gasteiger partial charge in [-0.05, 0) is 30.7 Å². The molecule has 0 unspecified atom stereocenters. The van der Waals surface area contributed by atoms with Crippen molar-refractivity contribution in [1.29, 1.82) is 0 Å². The SMILES string of the molecule is CCCC(=O)Nc1cccc(-c2csc(-c3cccnc3)n2)c1. The zero-order valence-corrected chi connectivity index (χ0v) is 13.6. The minimum absolute atomic E-state index is 0.0407. The number of nitrogens with zero attached hydrogens (tertiary/aromatic N) is 2. The number of carbonyl (C=O) groups is 1. The third kappa shape index (κ3) is 3.81. The topological polar surface area (TPSA) is 54.9 Å². The first-order valence-electron chi connectivity index (χ1n) is 7.52. The maximum absolute atomic E-state index is 11.7. The zero-order chi connectivity index (χ0) is 16.1. The number of nitrogens with one attached hydrogen (secondary N) is 1. The lowest BCUT2D eigenvalue weighted by Crippen LogP contribution is -2.10. The summed E-state index contributed by atoms with van der Waals surface area (Å²) in [5.74, 6) is 0.0407. The molecule has 2 aromatic heterocycles. The van der Waals surface area contributed by atoms with Gasteiger partial charge >= 0.3 is 0 Å². The fourth-order valence-corrected chi connectivity index (χ4v) is 3.05. The Hall–Kier alpha value is -2.53. The highest BCUT2D eigenvalue weighted by atomic mass is 32.1. The Labute approximate surface area is 139 Å². The average Bonchev–Trinajstić information content (AvgIpc) is 3.06. The molecule has 1 aromatic carbocycles. The van der Waals surface area contributed by atoms with Crippen molar-refractivity contribution in [1.82, 2.24) is 9.97 Å². The molecule has 0 saturated carbocycles. The van der Waals surface area contributed by atoms with Crippen LogP contribution < -0.4 is 5.32 Å². The third-order valence-electron chi connectivity index (χ3n) is 3.33. The second-order valence-corrected chi connectivity index (χ2v) is 6.02. The summed E-state index contributed by atoms with van der Waals surface area (Å²) in [6.45, 7) is 1.99. The number of hydrogen-bond acceptors (Lipinski definition) is 4. The van der Waals surface area contributed by atoms with Crippen LogP contribution in [0.2, 0.25) is 0 Å². The van der Waals surface area contributed by atoms with Gasteiger partial charge in [0, 0.05) is 41.0 Å². The van der Waals surface area contributed by atoms with Crippen molar-refractivity contribution in [2.75, 3.05) is 5.32 Å². The third-order valence-corrected chi connectivity index (χ3v) is 4.22. The van der Waals surface area contributed by atoms with E-state index in [1.54, 1.807) is 17.5 Å². The Morgan fingerprint density at radius 3 is 2.87 bits per heavy atom. The van der Waals surface area contributed by atoms with Crippen molar-refractivity contribution in [3.05, 3.63) is 54.2 Å². The molecule has 3 aromatic rings. The molecule has 0 radical (unpaired) electrons. The number of pyridine rings is 1. The minimum atomic E-state index is 0.0407. The van der Waals surface area contributed by atoms with Crippen LogP contribution in [-0.2, 0) is 4.79 Å². The summed E-state index contributed by atoms with van der Waals surface area (Å²) in [7, 11) is 0. The van der Waals surface area contributed by atoms with Gasteiger partial charge in [0.05, 0.1) is 5.69 Å². The summed E-state index contributed by atoms with van der Waals surface area (Å²) in [5, 5.41) is 5.88. The first-order chi connectivity index (χ1) is 11.3. The Morgan fingerprint density at radius 2 is 2.09 bits per heavy atom. The van der Waals surface area contributed by atoms with E-state index in [2.05, 4.69) is 15.3 Å². The van der Waals surface area contributed by atoms with Crippen LogP contribution in [0.25, 0.3) is 21.8 Å². The fourth-order valence-electron chi connectivity index (χ4n) is 2.24. The van der Waals surface area contributed by atoms with Gasteiger partial charge < -0.3 is 5.32 Å². The summed E-state index contributed by atoms with van der Waals surface area (Å²) < 4.78 is 0. The number of amides is 1. The van der Waals surface area contributed by atoms with Gasteiger partial charge in [-0.1, -0.05) is 19.1 Å². The Balaban J connectivity index is 1.82. The molecule has 3 rings (SSSR count). The van der Waals surface area contributed by atoms with Crippen LogP contribution in [0, 0.1) is 0 Å². The van der Waals surface area contributed by atoms with E-state index < -0.39 is 0 Å². The van der Waals surface area contributed by atoms with E-state index in [1.807, 2.05) is 54.9 Å². The van der Waals surface area contributed by atoms with Gasteiger partial charge in [0.1, 0.15) is 5.01 Å². The number of carbonyl (C=O) groups excluding carboxylic acids is 1. The van der Waals surface area contributed by atoms with Gasteiger partial charge in [-0.3, -0.25) is 9.78 Å². The smallest absolute Gasteiger partial charge is 0.224 e. The van der Waals surface area contributed by atoms with Crippen LogP contribution in [0.1, 0.15) is 19.8 Å². The van der Waals surface area contributed by atoms with Crippen molar-refractivity contribution >= 4 is 22.9 Å². The van der Waals surface area contributed by atoms with Crippen molar-refractivity contribution in [3.8, 4) is 21.8 Å². The van der Waals surface area contributed by atoms with Crippen LogP contribution in [-0.4, -0.2) is 15.9 Å². The van der Waals surface area contributed by atoms with E-state index in [1.165, 1.54) is 0 Å². The molecular weight excluding hydrogens is 306 g/mol. The van der Waals surface area contributed by atoms with E-state index >= 15 is 0 Å². The molecule has 0 bridgehead atoms. The number of aromatic nitrogens is 2. The van der Waals surface area contributed by atoms with Gasteiger partial charge in [-0.25, -0.2) is 4.98 Å². The van der Waals surface area contributed by atoms with Gasteiger partial charge in [0.15, 0.2) is 0 Å². The maximum atomic E-state index is 11.7. The van der Waals surface area contributed by atoms with Crippen molar-refractivity contribution in [2.24, 2.45) is 0 Å². The van der Waals surface area contributed by atoms with Crippen LogP contribution in [0.4, 0.5) is 5.69 Å². The van der Waals surface area contributed by atoms with Crippen molar-refractivity contribution in [2.45, 2.75) is 19.8 Å². The molecule has 0 saturated heterocycles. The lowest BCUT2D eigenvalue weighted by atomic mass is 10.1. The normalized spacial score (nSPS) is 10.5. The van der Waals surface area contributed by atoms with E-state index in [-0.39, 0.29) is 5.91 Å². The number of rotatable bonds is 5. The van der Waals surface area contributed by atoms with E-state index in [0.717, 1.165) is 33.9 Å². The van der Waals surface area contributed by atoms with Gasteiger partial charge in [0.25, 0.3) is 0 Å². The highest BCUT2D eigenvalue weighted by molar-refractivity contribution is 7.13. The largest absolute Gasteiger partial charge is 0.326 e. The van der Waals surface area contributed by atoms with E-state index in [4.69, 9.17) is 0 Å². The lowest BCUT2D eigenvalue weighted by Gasteiger charge is -2.05.